The van der Waals surface area contributed by atoms with E-state index in [0.29, 0.717) is 12.1 Å². The van der Waals surface area contributed by atoms with Gasteiger partial charge in [0.25, 0.3) is 0 Å². The Balaban J connectivity index is 0.000000119. The summed E-state index contributed by atoms with van der Waals surface area (Å²) in [5, 5.41) is 0. The molecule has 0 unspecified atom stereocenters. The Kier molecular flexibility index (Phi) is 29.7. The van der Waals surface area contributed by atoms with Gasteiger partial charge < -0.3 is 32.3 Å². The molecule has 0 radical (unpaired) electrons. The first-order valence-electron chi connectivity index (χ1n) is 43.8. The summed E-state index contributed by atoms with van der Waals surface area (Å²) in [5.41, 5.74) is 25.7. The summed E-state index contributed by atoms with van der Waals surface area (Å²) in [6, 6.07) is 123. The molecular weight excluding hydrogens is 1580 g/mol. The molecule has 13 nitrogen and oxygen atoms in total. The van der Waals surface area contributed by atoms with Crippen molar-refractivity contribution in [2.75, 3.05) is 19.0 Å². The van der Waals surface area contributed by atoms with Crippen LogP contribution in [0.25, 0.3) is 139 Å². The minimum absolute atomic E-state index is 0.196. The van der Waals surface area contributed by atoms with Crippen molar-refractivity contribution in [1.82, 2.24) is 57.3 Å². The Bertz CT molecular complexity index is 7220. The molecule has 129 heavy (non-hydrogen) atoms. The van der Waals surface area contributed by atoms with Crippen molar-refractivity contribution in [2.24, 2.45) is 14.1 Å². The number of benzene rings is 14. The molecule has 0 bridgehead atoms. The van der Waals surface area contributed by atoms with Gasteiger partial charge >= 0.3 is 0 Å². The lowest BCUT2D eigenvalue weighted by molar-refractivity contribution is 0.601. The standard InChI is InChI=1S/C22H17FN2.C22H18N2.C18H19N3.2C18H18N2.C17H16N2/c23-19-11-5-4-10-18(19)16-25-21-13-7-6-12-20(21)24-22(25)15-14-17-8-2-1-3-9-17;1-3-9-18(10-4-1)15-16-22-23-20-13-7-8-14-21(20)24(22)17-19-11-5-2-6-12-19;1-20(2)15-11-8-14(9-12-15)10-13-18-19-16-6-4-5-7-17(16)21(18)3;1-3-20-17-7-5-4-6-16(17)19-18(20)13-12-15-10-8-14(2)9-11-15;1-2-14-20-17-11-7-6-10-16(17)19-18(20)13-12-15-8-4-3-5-9-15;1-13-7-9-14(10-8-13)11-12-17-18-15-5-3-4-6-16(15)19(17)2/h1-15H,16H2;1-16H,17H2;4-13H,1-3H3;4-13H,3H2,1-2H3;3-13H,2,14H2,1H3;3-12H,1-2H3/b15-14+;16-15+;13-10+;2*13-12+;12-11+. The van der Waals surface area contributed by atoms with Crippen molar-refractivity contribution in [2.45, 2.75) is 60.3 Å². The highest BCUT2D eigenvalue weighted by Crippen LogP contribution is 2.27. The summed E-state index contributed by atoms with van der Waals surface area (Å²) in [5.74, 6) is 5.57. The molecule has 0 aliphatic heterocycles. The summed E-state index contributed by atoms with van der Waals surface area (Å²) in [4.78, 5) is 30.3. The molecule has 14 heteroatoms. The number of hydrogen-bond acceptors (Lipinski definition) is 7. The summed E-state index contributed by atoms with van der Waals surface area (Å²) < 4.78 is 27.2. The second-order valence-corrected chi connectivity index (χ2v) is 31.6. The third-order valence-electron chi connectivity index (χ3n) is 22.1. The molecule has 6 heterocycles. The van der Waals surface area contributed by atoms with Crippen LogP contribution in [0.15, 0.2) is 364 Å². The van der Waals surface area contributed by atoms with E-state index in [1.165, 1.54) is 67.3 Å². The second kappa shape index (κ2) is 43.6. The Morgan fingerprint density at radius 2 is 0.535 bits per heavy atom. The van der Waals surface area contributed by atoms with Crippen molar-refractivity contribution in [1.29, 1.82) is 0 Å². The summed E-state index contributed by atoms with van der Waals surface area (Å²) in [6.07, 6.45) is 26.1. The van der Waals surface area contributed by atoms with Crippen molar-refractivity contribution in [3.8, 4) is 0 Å². The van der Waals surface area contributed by atoms with Crippen LogP contribution in [0.4, 0.5) is 10.1 Å². The first kappa shape index (κ1) is 88.0. The Morgan fingerprint density at radius 3 is 0.891 bits per heavy atom. The summed E-state index contributed by atoms with van der Waals surface area (Å²) >= 11 is 0. The van der Waals surface area contributed by atoms with Crippen LogP contribution in [0.1, 0.15) is 111 Å². The van der Waals surface area contributed by atoms with Crippen LogP contribution < -0.4 is 4.90 Å². The molecule has 6 aromatic heterocycles. The van der Waals surface area contributed by atoms with E-state index in [9.17, 15) is 4.39 Å². The largest absolute Gasteiger partial charge is 0.378 e. The lowest BCUT2D eigenvalue weighted by Gasteiger charge is -2.11. The number of para-hydroxylation sites is 12. The third-order valence-corrected chi connectivity index (χ3v) is 22.1. The fraction of sp³-hybridized carbons (Fsp3) is 0.113. The van der Waals surface area contributed by atoms with Gasteiger partial charge in [0, 0.05) is 59.1 Å². The first-order valence-corrected chi connectivity index (χ1v) is 43.8. The molecule has 0 amide bonds. The van der Waals surface area contributed by atoms with Gasteiger partial charge in [-0.25, -0.2) is 34.3 Å². The zero-order valence-corrected chi connectivity index (χ0v) is 74.3. The number of aryl methyl sites for hydroxylation is 6. The molecule has 14 aromatic carbocycles. The van der Waals surface area contributed by atoms with Gasteiger partial charge in [-0.2, -0.15) is 0 Å². The molecule has 0 fully saturated rings. The number of aromatic nitrogens is 12. The predicted octanol–water partition coefficient (Wildman–Crippen LogP) is 27.7. The van der Waals surface area contributed by atoms with Crippen molar-refractivity contribution in [3.05, 3.63) is 460 Å². The van der Waals surface area contributed by atoms with Crippen LogP contribution in [0, 0.1) is 19.7 Å². The zero-order chi connectivity index (χ0) is 89.1. The van der Waals surface area contributed by atoms with Gasteiger partial charge in [-0.3, -0.25) is 0 Å². The highest BCUT2D eigenvalue weighted by atomic mass is 19.1. The number of hydrogen-bond donors (Lipinski definition) is 0. The number of imidazole rings is 6. The first-order chi connectivity index (χ1) is 63.3. The van der Waals surface area contributed by atoms with Gasteiger partial charge in [0.1, 0.15) is 40.8 Å². The van der Waals surface area contributed by atoms with Crippen LogP contribution in [-0.2, 0) is 40.3 Å². The molecule has 0 aliphatic rings. The van der Waals surface area contributed by atoms with Crippen LogP contribution in [0.3, 0.4) is 0 Å². The lowest BCUT2D eigenvalue weighted by Crippen LogP contribution is -2.07. The minimum Gasteiger partial charge on any atom is -0.378 e. The van der Waals surface area contributed by atoms with Gasteiger partial charge in [0.2, 0.25) is 0 Å². The van der Waals surface area contributed by atoms with Crippen LogP contribution in [0.5, 0.6) is 0 Å². The van der Waals surface area contributed by atoms with Crippen LogP contribution in [-0.4, -0.2) is 71.4 Å². The molecule has 20 aromatic rings. The normalized spacial score (nSPS) is 11.4. The van der Waals surface area contributed by atoms with Gasteiger partial charge in [-0.15, -0.1) is 0 Å². The summed E-state index contributed by atoms with van der Waals surface area (Å²) in [7, 11) is 8.18. The van der Waals surface area contributed by atoms with E-state index in [1.54, 1.807) is 6.07 Å². The van der Waals surface area contributed by atoms with E-state index in [0.717, 1.165) is 122 Å². The Labute approximate surface area is 755 Å². The van der Waals surface area contributed by atoms with Crippen molar-refractivity contribution < 1.29 is 4.39 Å². The SMILES string of the molecule is C(=C\c1nc2ccccc2n1Cc1ccccc1)/c1ccccc1.CCCn1c(/C=C/c2ccccc2)nc2ccccc21.CCn1c(/C=C/c2ccc(C)cc2)nc2ccccc21.CN(C)c1ccc(/C=C/c2nc3ccccc3n2C)cc1.Cc1ccc(/C=C/c2nc3ccccc3n2C)cc1.Fc1ccccc1Cn1c(/C=C/c2ccccc2)nc2ccccc21. The highest BCUT2D eigenvalue weighted by molar-refractivity contribution is 5.86. The average molecular weight is 1690 g/mol. The van der Waals surface area contributed by atoms with E-state index in [4.69, 9.17) is 19.9 Å². The monoisotopic (exact) mass is 1690 g/mol. The fourth-order valence-electron chi connectivity index (χ4n) is 15.2. The van der Waals surface area contributed by atoms with Gasteiger partial charge in [-0.1, -0.05) is 327 Å². The van der Waals surface area contributed by atoms with Crippen LogP contribution in [0.2, 0.25) is 0 Å². The molecule has 638 valence electrons. The number of anilines is 1. The van der Waals surface area contributed by atoms with E-state index in [1.807, 2.05) is 197 Å². The fourth-order valence-corrected chi connectivity index (χ4v) is 15.2. The number of fused-ring (bicyclic) bond motifs is 6. The van der Waals surface area contributed by atoms with Crippen LogP contribution >= 0.6 is 0 Å². The number of halogens is 1. The zero-order valence-electron chi connectivity index (χ0n) is 74.3. The maximum absolute atomic E-state index is 14.1. The smallest absolute Gasteiger partial charge is 0.134 e. The van der Waals surface area contributed by atoms with Crippen molar-refractivity contribution in [3.63, 3.8) is 0 Å². The molecule has 0 N–H and O–H groups in total. The molecule has 0 aliphatic carbocycles. The molecule has 0 saturated carbocycles. The average Bonchev–Trinajstić information content (AvgIpc) is 1.67. The van der Waals surface area contributed by atoms with Crippen molar-refractivity contribution >= 4 is 145 Å². The molecule has 0 saturated heterocycles. The maximum atomic E-state index is 14.1. The maximum Gasteiger partial charge on any atom is 0.134 e. The van der Waals surface area contributed by atoms with E-state index in [-0.39, 0.29) is 5.82 Å². The molecule has 0 atom stereocenters. The Morgan fingerprint density at radius 1 is 0.264 bits per heavy atom. The Hall–Kier alpha value is -15.9. The molecule has 0 spiro atoms. The quantitative estimate of drug-likeness (QED) is 0.0747. The van der Waals surface area contributed by atoms with Gasteiger partial charge in [-0.05, 0) is 194 Å². The topological polar surface area (TPSA) is 110 Å². The van der Waals surface area contributed by atoms with Gasteiger partial charge in [0.15, 0.2) is 0 Å². The minimum atomic E-state index is -0.196. The number of rotatable bonds is 20. The predicted molar refractivity (Wildman–Crippen MR) is 543 cm³/mol. The summed E-state index contributed by atoms with van der Waals surface area (Å²) in [6.45, 7) is 11.7. The van der Waals surface area contributed by atoms with E-state index in [2.05, 4.69) is 326 Å². The second-order valence-electron chi connectivity index (χ2n) is 31.6. The van der Waals surface area contributed by atoms with Gasteiger partial charge in [0.05, 0.1) is 72.7 Å². The molecule has 20 rings (SSSR count). The number of nitrogens with zero attached hydrogens (tertiary/aromatic N) is 13. The highest BCUT2D eigenvalue weighted by Gasteiger charge is 2.15. The van der Waals surface area contributed by atoms with E-state index < -0.39 is 0 Å². The third kappa shape index (κ3) is 23.2. The van der Waals surface area contributed by atoms with E-state index >= 15 is 0 Å². The molecular formula is C115H106FN13. The lowest BCUT2D eigenvalue weighted by atomic mass is 10.1.